The van der Waals surface area contributed by atoms with Gasteiger partial charge in [0.1, 0.15) is 11.6 Å². The lowest BCUT2D eigenvalue weighted by Gasteiger charge is -2.25. The highest BCUT2D eigenvalue weighted by molar-refractivity contribution is 6.00. The fraction of sp³-hybridized carbons (Fsp3) is 0.348. The van der Waals surface area contributed by atoms with E-state index in [-0.39, 0.29) is 30.5 Å². The number of rotatable bonds is 3. The van der Waals surface area contributed by atoms with E-state index in [1.54, 1.807) is 17.0 Å². The number of nitriles is 1. The number of amides is 2. The summed E-state index contributed by atoms with van der Waals surface area (Å²) >= 11 is 0. The summed E-state index contributed by atoms with van der Waals surface area (Å²) in [5.41, 5.74) is 1.74. The Morgan fingerprint density at radius 3 is 2.35 bits per heavy atom. The zero-order valence-corrected chi connectivity index (χ0v) is 16.9. The molecule has 2 aromatic rings. The van der Waals surface area contributed by atoms with E-state index in [1.807, 2.05) is 12.1 Å². The van der Waals surface area contributed by atoms with Crippen LogP contribution < -0.4 is 9.80 Å². The number of anilines is 2. The van der Waals surface area contributed by atoms with E-state index in [4.69, 9.17) is 5.26 Å². The first kappa shape index (κ1) is 20.8. The fourth-order valence-corrected chi connectivity index (χ4v) is 4.22. The molecule has 0 bridgehead atoms. The molecule has 8 heteroatoms. The number of hydrogen-bond acceptors (Lipinski definition) is 4. The molecule has 2 amide bonds. The van der Waals surface area contributed by atoms with Crippen molar-refractivity contribution in [1.82, 2.24) is 4.90 Å². The predicted octanol–water partition coefficient (Wildman–Crippen LogP) is 2.93. The Labute approximate surface area is 179 Å². The van der Waals surface area contributed by atoms with Gasteiger partial charge < -0.3 is 14.7 Å². The van der Waals surface area contributed by atoms with Gasteiger partial charge in [-0.2, -0.15) is 5.26 Å². The van der Waals surface area contributed by atoms with Crippen molar-refractivity contribution in [2.45, 2.75) is 12.8 Å². The van der Waals surface area contributed by atoms with E-state index in [2.05, 4.69) is 11.0 Å². The standard InChI is InChI=1S/C23H22F2N4O2/c24-18-11-19(25)13-21(12-18)29-15-17(10-22(29)30)23(31)28-7-1-6-27(8-9-28)20-4-2-16(14-26)3-5-20/h2-5,11-13,17H,1,6-10,15H2. The molecule has 0 saturated carbocycles. The monoisotopic (exact) mass is 424 g/mol. The Balaban J connectivity index is 1.40. The molecular formula is C23H22F2N4O2. The number of carbonyl (C=O) groups is 2. The van der Waals surface area contributed by atoms with Crippen molar-refractivity contribution in [2.75, 3.05) is 42.5 Å². The molecule has 0 aliphatic carbocycles. The molecule has 2 aliphatic rings. The zero-order chi connectivity index (χ0) is 22.0. The highest BCUT2D eigenvalue weighted by atomic mass is 19.1. The average Bonchev–Trinajstić information content (AvgIpc) is 2.98. The molecule has 0 spiro atoms. The maximum atomic E-state index is 13.5. The highest BCUT2D eigenvalue weighted by Gasteiger charge is 2.37. The van der Waals surface area contributed by atoms with Crippen molar-refractivity contribution >= 4 is 23.2 Å². The first-order valence-corrected chi connectivity index (χ1v) is 10.2. The summed E-state index contributed by atoms with van der Waals surface area (Å²) < 4.78 is 27.1. The number of carbonyl (C=O) groups excluding carboxylic acids is 2. The van der Waals surface area contributed by atoms with E-state index in [1.165, 1.54) is 4.90 Å². The molecular weight excluding hydrogens is 402 g/mol. The summed E-state index contributed by atoms with van der Waals surface area (Å²) in [4.78, 5) is 30.8. The summed E-state index contributed by atoms with van der Waals surface area (Å²) in [6.07, 6.45) is 0.817. The Morgan fingerprint density at radius 1 is 0.968 bits per heavy atom. The highest BCUT2D eigenvalue weighted by Crippen LogP contribution is 2.28. The minimum Gasteiger partial charge on any atom is -0.370 e. The lowest BCUT2D eigenvalue weighted by molar-refractivity contribution is -0.135. The van der Waals surface area contributed by atoms with Crippen LogP contribution in [0.4, 0.5) is 20.2 Å². The minimum absolute atomic E-state index is 0.0345. The van der Waals surface area contributed by atoms with Crippen molar-refractivity contribution < 1.29 is 18.4 Å². The fourth-order valence-electron chi connectivity index (χ4n) is 4.22. The number of halogens is 2. The van der Waals surface area contributed by atoms with Gasteiger partial charge in [0.2, 0.25) is 11.8 Å². The summed E-state index contributed by atoms with van der Waals surface area (Å²) in [5.74, 6) is -2.45. The summed E-state index contributed by atoms with van der Waals surface area (Å²) in [6.45, 7) is 2.67. The van der Waals surface area contributed by atoms with Gasteiger partial charge in [-0.05, 0) is 42.8 Å². The normalized spacial score (nSPS) is 19.3. The van der Waals surface area contributed by atoms with E-state index in [0.717, 1.165) is 36.9 Å². The van der Waals surface area contributed by atoms with Crippen LogP contribution in [-0.2, 0) is 9.59 Å². The van der Waals surface area contributed by atoms with Gasteiger partial charge in [0.05, 0.1) is 17.6 Å². The Bertz CT molecular complexity index is 1010. The molecule has 2 saturated heterocycles. The average molecular weight is 424 g/mol. The maximum absolute atomic E-state index is 13.5. The predicted molar refractivity (Wildman–Crippen MR) is 111 cm³/mol. The van der Waals surface area contributed by atoms with E-state index in [9.17, 15) is 18.4 Å². The van der Waals surface area contributed by atoms with Crippen molar-refractivity contribution in [3.8, 4) is 6.07 Å². The number of benzene rings is 2. The van der Waals surface area contributed by atoms with Crippen LogP contribution in [0.25, 0.3) is 0 Å². The lowest BCUT2D eigenvalue weighted by Crippen LogP contribution is -2.40. The summed E-state index contributed by atoms with van der Waals surface area (Å²) in [7, 11) is 0. The maximum Gasteiger partial charge on any atom is 0.228 e. The molecule has 2 heterocycles. The van der Waals surface area contributed by atoms with Gasteiger partial charge in [-0.25, -0.2) is 8.78 Å². The molecule has 0 radical (unpaired) electrons. The Kier molecular flexibility index (Phi) is 5.85. The SMILES string of the molecule is N#Cc1ccc(N2CCCN(C(=O)C3CC(=O)N(c4cc(F)cc(F)c4)C3)CC2)cc1. The van der Waals surface area contributed by atoms with Crippen LogP contribution in [-0.4, -0.2) is 49.4 Å². The van der Waals surface area contributed by atoms with Crippen LogP contribution in [0.2, 0.25) is 0 Å². The molecule has 2 aliphatic heterocycles. The second-order valence-corrected chi connectivity index (χ2v) is 7.86. The van der Waals surface area contributed by atoms with Gasteiger partial charge in [-0.3, -0.25) is 9.59 Å². The first-order chi connectivity index (χ1) is 14.9. The van der Waals surface area contributed by atoms with Gasteiger partial charge in [-0.15, -0.1) is 0 Å². The summed E-state index contributed by atoms with van der Waals surface area (Å²) in [5, 5.41) is 8.95. The van der Waals surface area contributed by atoms with E-state index >= 15 is 0 Å². The second-order valence-electron chi connectivity index (χ2n) is 7.86. The van der Waals surface area contributed by atoms with Crippen LogP contribution in [0.1, 0.15) is 18.4 Å². The third kappa shape index (κ3) is 4.50. The lowest BCUT2D eigenvalue weighted by atomic mass is 10.1. The van der Waals surface area contributed by atoms with Gasteiger partial charge in [0, 0.05) is 56.6 Å². The van der Waals surface area contributed by atoms with Crippen molar-refractivity contribution in [3.63, 3.8) is 0 Å². The zero-order valence-electron chi connectivity index (χ0n) is 16.9. The van der Waals surface area contributed by atoms with Gasteiger partial charge in [0.25, 0.3) is 0 Å². The number of nitrogens with zero attached hydrogens (tertiary/aromatic N) is 4. The molecule has 1 atom stereocenters. The van der Waals surface area contributed by atoms with E-state index in [0.29, 0.717) is 25.2 Å². The quantitative estimate of drug-likeness (QED) is 0.760. The van der Waals surface area contributed by atoms with Crippen molar-refractivity contribution in [3.05, 3.63) is 59.7 Å². The van der Waals surface area contributed by atoms with Crippen LogP contribution >= 0.6 is 0 Å². The molecule has 6 nitrogen and oxygen atoms in total. The molecule has 0 aromatic heterocycles. The molecule has 2 fully saturated rings. The second kappa shape index (κ2) is 8.72. The van der Waals surface area contributed by atoms with Crippen molar-refractivity contribution in [2.24, 2.45) is 5.92 Å². The summed E-state index contributed by atoms with van der Waals surface area (Å²) in [6, 6.07) is 12.4. The number of hydrogen-bond donors (Lipinski definition) is 0. The Hall–Kier alpha value is -3.47. The van der Waals surface area contributed by atoms with Crippen LogP contribution in [0.5, 0.6) is 0 Å². The minimum atomic E-state index is -0.756. The Morgan fingerprint density at radius 2 is 1.68 bits per heavy atom. The van der Waals surface area contributed by atoms with Crippen LogP contribution in [0.15, 0.2) is 42.5 Å². The first-order valence-electron chi connectivity index (χ1n) is 10.2. The van der Waals surface area contributed by atoms with Gasteiger partial charge in [-0.1, -0.05) is 0 Å². The molecule has 31 heavy (non-hydrogen) atoms. The molecule has 160 valence electrons. The third-order valence-corrected chi connectivity index (χ3v) is 5.80. The third-order valence-electron chi connectivity index (χ3n) is 5.80. The molecule has 4 rings (SSSR count). The smallest absolute Gasteiger partial charge is 0.228 e. The van der Waals surface area contributed by atoms with E-state index < -0.39 is 17.6 Å². The van der Waals surface area contributed by atoms with Gasteiger partial charge >= 0.3 is 0 Å². The molecule has 1 unspecified atom stereocenters. The van der Waals surface area contributed by atoms with Crippen LogP contribution in [0, 0.1) is 28.9 Å². The van der Waals surface area contributed by atoms with Crippen LogP contribution in [0.3, 0.4) is 0 Å². The molecule has 2 aromatic carbocycles. The topological polar surface area (TPSA) is 67.6 Å². The largest absolute Gasteiger partial charge is 0.370 e. The molecule has 0 N–H and O–H groups in total. The van der Waals surface area contributed by atoms with Gasteiger partial charge in [0.15, 0.2) is 0 Å². The van der Waals surface area contributed by atoms with Crippen molar-refractivity contribution in [1.29, 1.82) is 5.26 Å².